The van der Waals surface area contributed by atoms with Gasteiger partial charge < -0.3 is 15.7 Å². The van der Waals surface area contributed by atoms with E-state index in [4.69, 9.17) is 15.7 Å². The third kappa shape index (κ3) is 5.66. The fourth-order valence-corrected chi connectivity index (χ4v) is 2.07. The number of rotatable bonds is 8. The van der Waals surface area contributed by atoms with E-state index in [-0.39, 0.29) is 11.3 Å². The zero-order valence-corrected chi connectivity index (χ0v) is 13.6. The molecule has 0 saturated carbocycles. The Morgan fingerprint density at radius 2 is 1.86 bits per heavy atom. The van der Waals surface area contributed by atoms with E-state index < -0.39 is 0 Å². The maximum absolute atomic E-state index is 8.72. The lowest BCUT2D eigenvalue weighted by atomic mass is 9.86. The molecule has 0 aliphatic rings. The number of nitrogens with zero attached hydrogens (tertiary/aromatic N) is 1. The van der Waals surface area contributed by atoms with Crippen LogP contribution < -0.4 is 10.5 Å². The molecular weight excluding hydrogens is 264 g/mol. The van der Waals surface area contributed by atoms with Crippen LogP contribution in [0.3, 0.4) is 0 Å². The molecule has 1 aromatic rings. The van der Waals surface area contributed by atoms with Crippen molar-refractivity contribution < 1.29 is 9.94 Å². The summed E-state index contributed by atoms with van der Waals surface area (Å²) in [4.78, 5) is 0. The summed E-state index contributed by atoms with van der Waals surface area (Å²) in [6, 6.07) is 8.27. The quantitative estimate of drug-likeness (QED) is 0.249. The molecule has 0 radical (unpaired) electrons. The van der Waals surface area contributed by atoms with Gasteiger partial charge in [0, 0.05) is 5.41 Å². The van der Waals surface area contributed by atoms with Crippen LogP contribution in [-0.4, -0.2) is 17.6 Å². The first-order valence-corrected chi connectivity index (χ1v) is 7.57. The van der Waals surface area contributed by atoms with E-state index in [0.29, 0.717) is 12.5 Å². The number of benzene rings is 1. The zero-order valence-electron chi connectivity index (χ0n) is 13.6. The van der Waals surface area contributed by atoms with Crippen molar-refractivity contribution in [2.75, 3.05) is 6.61 Å². The molecule has 1 rings (SSSR count). The Bertz CT molecular complexity index is 450. The van der Waals surface area contributed by atoms with Gasteiger partial charge in [-0.05, 0) is 42.9 Å². The summed E-state index contributed by atoms with van der Waals surface area (Å²) in [5.41, 5.74) is 6.72. The maximum Gasteiger partial charge on any atom is 0.144 e. The lowest BCUT2D eigenvalue weighted by Crippen LogP contribution is -2.31. The SMILES string of the molecule is CC(C)c1ccc(OCCCCC(C)(C)/C(N)=N/O)cc1. The molecule has 0 heterocycles. The smallest absolute Gasteiger partial charge is 0.144 e. The summed E-state index contributed by atoms with van der Waals surface area (Å²) in [6.07, 6.45) is 2.81. The molecule has 0 fully saturated rings. The molecule has 3 N–H and O–H groups in total. The Balaban J connectivity index is 2.28. The lowest BCUT2D eigenvalue weighted by Gasteiger charge is -2.22. The number of hydrogen-bond acceptors (Lipinski definition) is 3. The van der Waals surface area contributed by atoms with Crippen LogP contribution in [-0.2, 0) is 0 Å². The number of ether oxygens (including phenoxy) is 1. The minimum Gasteiger partial charge on any atom is -0.494 e. The van der Waals surface area contributed by atoms with Gasteiger partial charge in [-0.15, -0.1) is 0 Å². The predicted molar refractivity (Wildman–Crippen MR) is 87.1 cm³/mol. The first kappa shape index (κ1) is 17.3. The number of unbranched alkanes of at least 4 members (excludes halogenated alkanes) is 1. The Morgan fingerprint density at radius 1 is 1.24 bits per heavy atom. The van der Waals surface area contributed by atoms with Crippen molar-refractivity contribution in [1.82, 2.24) is 0 Å². The molecule has 4 nitrogen and oxygen atoms in total. The van der Waals surface area contributed by atoms with Crippen LogP contribution in [0.25, 0.3) is 0 Å². The fraction of sp³-hybridized carbons (Fsp3) is 0.588. The van der Waals surface area contributed by atoms with Gasteiger partial charge in [-0.25, -0.2) is 0 Å². The van der Waals surface area contributed by atoms with Gasteiger partial charge >= 0.3 is 0 Å². The fourth-order valence-electron chi connectivity index (χ4n) is 2.07. The molecule has 0 spiro atoms. The van der Waals surface area contributed by atoms with Crippen LogP contribution in [0.4, 0.5) is 0 Å². The van der Waals surface area contributed by atoms with E-state index in [2.05, 4.69) is 31.1 Å². The monoisotopic (exact) mass is 292 g/mol. The first-order chi connectivity index (χ1) is 9.86. The molecule has 0 saturated heterocycles. The van der Waals surface area contributed by atoms with E-state index in [1.54, 1.807) is 0 Å². The second kappa shape index (κ2) is 7.91. The van der Waals surface area contributed by atoms with Crippen molar-refractivity contribution in [3.05, 3.63) is 29.8 Å². The van der Waals surface area contributed by atoms with Gasteiger partial charge in [0.2, 0.25) is 0 Å². The summed E-state index contributed by atoms with van der Waals surface area (Å²) in [5.74, 6) is 1.74. The third-order valence-corrected chi connectivity index (χ3v) is 3.81. The molecule has 0 atom stereocenters. The summed E-state index contributed by atoms with van der Waals surface area (Å²) < 4.78 is 5.73. The largest absolute Gasteiger partial charge is 0.494 e. The summed E-state index contributed by atoms with van der Waals surface area (Å²) in [5, 5.41) is 11.8. The van der Waals surface area contributed by atoms with Crippen molar-refractivity contribution in [3.8, 4) is 5.75 Å². The topological polar surface area (TPSA) is 67.8 Å². The standard InChI is InChI=1S/C17H28N2O2/c1-13(2)14-7-9-15(10-8-14)21-12-6-5-11-17(3,4)16(18)19-20/h7-10,13,20H,5-6,11-12H2,1-4H3,(H2,18,19). The average Bonchev–Trinajstić information content (AvgIpc) is 2.46. The molecule has 0 bridgehead atoms. The molecule has 0 unspecified atom stereocenters. The molecule has 0 aliphatic heterocycles. The summed E-state index contributed by atoms with van der Waals surface area (Å²) >= 11 is 0. The normalized spacial score (nSPS) is 12.7. The summed E-state index contributed by atoms with van der Waals surface area (Å²) in [7, 11) is 0. The number of hydrogen-bond donors (Lipinski definition) is 2. The van der Waals surface area contributed by atoms with Gasteiger partial charge in [0.25, 0.3) is 0 Å². The van der Waals surface area contributed by atoms with Gasteiger partial charge in [0.1, 0.15) is 11.6 Å². The highest BCUT2D eigenvalue weighted by molar-refractivity contribution is 5.85. The number of nitrogens with two attached hydrogens (primary N) is 1. The van der Waals surface area contributed by atoms with Crippen molar-refractivity contribution >= 4 is 5.84 Å². The Labute approximate surface area is 128 Å². The van der Waals surface area contributed by atoms with E-state index in [1.165, 1.54) is 5.56 Å². The first-order valence-electron chi connectivity index (χ1n) is 7.57. The van der Waals surface area contributed by atoms with Gasteiger partial charge in [0.15, 0.2) is 0 Å². The van der Waals surface area contributed by atoms with Crippen LogP contribution in [0.2, 0.25) is 0 Å². The molecule has 1 aromatic carbocycles. The van der Waals surface area contributed by atoms with Crippen LogP contribution in [0.15, 0.2) is 29.4 Å². The molecule has 0 aromatic heterocycles. The van der Waals surface area contributed by atoms with Crippen molar-refractivity contribution in [2.45, 2.75) is 52.9 Å². The highest BCUT2D eigenvalue weighted by Crippen LogP contribution is 2.23. The second-order valence-electron chi connectivity index (χ2n) is 6.40. The highest BCUT2D eigenvalue weighted by Gasteiger charge is 2.22. The van der Waals surface area contributed by atoms with Crippen molar-refractivity contribution in [2.24, 2.45) is 16.3 Å². The minimum atomic E-state index is -0.270. The molecule has 0 amide bonds. The van der Waals surface area contributed by atoms with E-state index in [9.17, 15) is 0 Å². The molecule has 0 aliphatic carbocycles. The number of oxime groups is 1. The Kier molecular flexibility index (Phi) is 6.53. The maximum atomic E-state index is 8.72. The van der Waals surface area contributed by atoms with E-state index in [1.807, 2.05) is 26.0 Å². The van der Waals surface area contributed by atoms with Crippen molar-refractivity contribution in [3.63, 3.8) is 0 Å². The molecular formula is C17H28N2O2. The minimum absolute atomic E-state index is 0.270. The van der Waals surface area contributed by atoms with Gasteiger partial charge in [0.05, 0.1) is 6.61 Å². The molecule has 4 heteroatoms. The average molecular weight is 292 g/mol. The lowest BCUT2D eigenvalue weighted by molar-refractivity contribution is 0.288. The van der Waals surface area contributed by atoms with Crippen LogP contribution in [0.1, 0.15) is 58.4 Å². The second-order valence-corrected chi connectivity index (χ2v) is 6.40. The van der Waals surface area contributed by atoms with Gasteiger partial charge in [-0.3, -0.25) is 0 Å². The van der Waals surface area contributed by atoms with E-state index in [0.717, 1.165) is 25.0 Å². The van der Waals surface area contributed by atoms with Crippen LogP contribution in [0, 0.1) is 5.41 Å². The van der Waals surface area contributed by atoms with E-state index >= 15 is 0 Å². The summed E-state index contributed by atoms with van der Waals surface area (Å²) in [6.45, 7) is 9.01. The number of amidine groups is 1. The zero-order chi connectivity index (χ0) is 15.9. The predicted octanol–water partition coefficient (Wildman–Crippen LogP) is 4.13. The Morgan fingerprint density at radius 3 is 2.38 bits per heavy atom. The van der Waals surface area contributed by atoms with Crippen molar-refractivity contribution in [1.29, 1.82) is 0 Å². The molecule has 21 heavy (non-hydrogen) atoms. The third-order valence-electron chi connectivity index (χ3n) is 3.81. The Hall–Kier alpha value is -1.71. The highest BCUT2D eigenvalue weighted by atomic mass is 16.5. The van der Waals surface area contributed by atoms with Gasteiger partial charge in [-0.2, -0.15) is 0 Å². The van der Waals surface area contributed by atoms with Gasteiger partial charge in [-0.1, -0.05) is 45.0 Å². The molecule has 118 valence electrons. The van der Waals surface area contributed by atoms with Crippen LogP contribution >= 0.6 is 0 Å². The van der Waals surface area contributed by atoms with Crippen LogP contribution in [0.5, 0.6) is 5.75 Å².